The van der Waals surface area contributed by atoms with Gasteiger partial charge in [-0.2, -0.15) is 0 Å². The van der Waals surface area contributed by atoms with E-state index in [1.54, 1.807) is 6.07 Å². The van der Waals surface area contributed by atoms with Crippen LogP contribution in [0.5, 0.6) is 5.75 Å². The summed E-state index contributed by atoms with van der Waals surface area (Å²) in [5, 5.41) is 4.65. The highest BCUT2D eigenvalue weighted by Gasteiger charge is 2.37. The predicted octanol–water partition coefficient (Wildman–Crippen LogP) is 5.53. The minimum atomic E-state index is -3.80. The minimum Gasteiger partial charge on any atom is -0.493 e. The van der Waals surface area contributed by atoms with Crippen molar-refractivity contribution >= 4 is 39.1 Å². The molecule has 1 aliphatic carbocycles. The van der Waals surface area contributed by atoms with Crippen LogP contribution in [-0.4, -0.2) is 57.8 Å². The standard InChI is InChI=1S/C28H36Cl2FN3O4S/c1-28(2,32-3)26(19-11-20(29)13-21(30)12-19)34-9-7-17(8-10-34)16-38-25-15-24(31)23(14-22(25)18-5-6-18)27(35)33-39(4,36)37/h11-15,17-18,26,32H,5-10,16H2,1-4H3,(H,33,35)/t26-/m1/s1. The summed E-state index contributed by atoms with van der Waals surface area (Å²) in [7, 11) is -1.85. The molecule has 2 fully saturated rings. The molecule has 7 nitrogen and oxygen atoms in total. The van der Waals surface area contributed by atoms with Gasteiger partial charge in [-0.25, -0.2) is 17.5 Å². The van der Waals surface area contributed by atoms with Gasteiger partial charge in [-0.3, -0.25) is 9.69 Å². The van der Waals surface area contributed by atoms with E-state index in [0.717, 1.165) is 56.2 Å². The van der Waals surface area contributed by atoms with Crippen molar-refractivity contribution in [2.24, 2.45) is 5.92 Å². The van der Waals surface area contributed by atoms with Crippen molar-refractivity contribution < 1.29 is 22.3 Å². The van der Waals surface area contributed by atoms with E-state index in [2.05, 4.69) is 24.1 Å². The maximum Gasteiger partial charge on any atom is 0.267 e. The normalized spacial score (nSPS) is 18.1. The maximum absolute atomic E-state index is 14.8. The number of benzene rings is 2. The summed E-state index contributed by atoms with van der Waals surface area (Å²) in [6.07, 6.45) is 4.51. The van der Waals surface area contributed by atoms with E-state index in [1.807, 2.05) is 23.9 Å². The molecule has 4 rings (SSSR count). The van der Waals surface area contributed by atoms with Gasteiger partial charge < -0.3 is 10.1 Å². The Labute approximate surface area is 240 Å². The summed E-state index contributed by atoms with van der Waals surface area (Å²) >= 11 is 12.7. The van der Waals surface area contributed by atoms with Crippen LogP contribution in [-0.2, 0) is 10.0 Å². The first-order chi connectivity index (χ1) is 18.3. The average molecular weight is 601 g/mol. The van der Waals surface area contributed by atoms with Crippen LogP contribution < -0.4 is 14.8 Å². The van der Waals surface area contributed by atoms with Gasteiger partial charge in [0.2, 0.25) is 10.0 Å². The van der Waals surface area contributed by atoms with E-state index >= 15 is 0 Å². The number of ether oxygens (including phenoxy) is 1. The van der Waals surface area contributed by atoms with Crippen LogP contribution in [0.25, 0.3) is 0 Å². The third kappa shape index (κ3) is 7.64. The Bertz CT molecular complexity index is 1310. The molecule has 1 saturated carbocycles. The lowest BCUT2D eigenvalue weighted by atomic mass is 9.85. The third-order valence-corrected chi connectivity index (χ3v) is 8.65. The van der Waals surface area contributed by atoms with Gasteiger partial charge in [0, 0.05) is 21.7 Å². The zero-order valence-electron chi connectivity index (χ0n) is 22.7. The van der Waals surface area contributed by atoms with E-state index in [9.17, 15) is 17.6 Å². The highest BCUT2D eigenvalue weighted by molar-refractivity contribution is 7.89. The second-order valence-electron chi connectivity index (χ2n) is 11.2. The third-order valence-electron chi connectivity index (χ3n) is 7.66. The topological polar surface area (TPSA) is 87.7 Å². The molecule has 2 aromatic carbocycles. The lowest BCUT2D eigenvalue weighted by Gasteiger charge is -2.45. The van der Waals surface area contributed by atoms with Crippen molar-refractivity contribution in [2.75, 3.05) is 33.0 Å². The zero-order valence-corrected chi connectivity index (χ0v) is 25.0. The van der Waals surface area contributed by atoms with E-state index in [4.69, 9.17) is 27.9 Å². The fourth-order valence-electron chi connectivity index (χ4n) is 5.35. The van der Waals surface area contributed by atoms with E-state index in [-0.39, 0.29) is 29.0 Å². The molecule has 1 saturated heterocycles. The lowest BCUT2D eigenvalue weighted by Crippen LogP contribution is -2.52. The smallest absolute Gasteiger partial charge is 0.267 e. The van der Waals surface area contributed by atoms with Gasteiger partial charge in [0.15, 0.2) is 0 Å². The van der Waals surface area contributed by atoms with Gasteiger partial charge in [-0.1, -0.05) is 23.2 Å². The Morgan fingerprint density at radius 2 is 1.72 bits per heavy atom. The highest BCUT2D eigenvalue weighted by Crippen LogP contribution is 2.45. The molecule has 2 N–H and O–H groups in total. The summed E-state index contributed by atoms with van der Waals surface area (Å²) in [6, 6.07) is 8.39. The van der Waals surface area contributed by atoms with Crippen LogP contribution >= 0.6 is 23.2 Å². The number of carbonyl (C=O) groups excluding carboxylic acids is 1. The van der Waals surface area contributed by atoms with Gasteiger partial charge in [0.1, 0.15) is 11.6 Å². The Balaban J connectivity index is 1.44. The number of likely N-dealkylation sites (N-methyl/N-ethyl adjacent to an activating group) is 1. The largest absolute Gasteiger partial charge is 0.493 e. The second-order valence-corrected chi connectivity index (χ2v) is 13.8. The lowest BCUT2D eigenvalue weighted by molar-refractivity contribution is 0.0660. The first-order valence-corrected chi connectivity index (χ1v) is 15.8. The van der Waals surface area contributed by atoms with Gasteiger partial charge in [-0.15, -0.1) is 0 Å². The molecule has 1 aliphatic heterocycles. The average Bonchev–Trinajstić information content (AvgIpc) is 3.67. The fraction of sp³-hybridized carbons (Fsp3) is 0.536. The van der Waals surface area contributed by atoms with Gasteiger partial charge in [-0.05, 0) is 107 Å². The zero-order chi connectivity index (χ0) is 28.5. The van der Waals surface area contributed by atoms with Crippen LogP contribution in [0.4, 0.5) is 4.39 Å². The molecule has 0 spiro atoms. The maximum atomic E-state index is 14.8. The van der Waals surface area contributed by atoms with E-state index in [0.29, 0.717) is 22.4 Å². The molecule has 39 heavy (non-hydrogen) atoms. The highest BCUT2D eigenvalue weighted by atomic mass is 35.5. The summed E-state index contributed by atoms with van der Waals surface area (Å²) < 4.78 is 45.7. The van der Waals surface area contributed by atoms with Crippen LogP contribution in [0.15, 0.2) is 30.3 Å². The predicted molar refractivity (Wildman–Crippen MR) is 153 cm³/mol. The number of halogens is 3. The molecule has 2 aliphatic rings. The molecule has 1 heterocycles. The summed E-state index contributed by atoms with van der Waals surface area (Å²) in [5.41, 5.74) is 1.29. The molecular weight excluding hydrogens is 564 g/mol. The number of likely N-dealkylation sites (tertiary alicyclic amines) is 1. The van der Waals surface area contributed by atoms with Crippen molar-refractivity contribution in [1.29, 1.82) is 0 Å². The summed E-state index contributed by atoms with van der Waals surface area (Å²) in [6.45, 7) is 6.46. The van der Waals surface area contributed by atoms with Crippen molar-refractivity contribution in [3.63, 3.8) is 0 Å². The molecule has 0 radical (unpaired) electrons. The molecule has 0 aromatic heterocycles. The van der Waals surface area contributed by atoms with E-state index in [1.165, 1.54) is 12.1 Å². The van der Waals surface area contributed by atoms with Crippen LogP contribution in [0.3, 0.4) is 0 Å². The van der Waals surface area contributed by atoms with Crippen LogP contribution in [0, 0.1) is 11.7 Å². The molecule has 0 unspecified atom stereocenters. The number of nitrogens with zero attached hydrogens (tertiary/aromatic N) is 1. The summed E-state index contributed by atoms with van der Waals surface area (Å²) in [4.78, 5) is 14.8. The van der Waals surface area contributed by atoms with Crippen LogP contribution in [0.2, 0.25) is 10.0 Å². The first-order valence-electron chi connectivity index (χ1n) is 13.1. The Hall–Kier alpha value is -1.91. The number of carbonyl (C=O) groups is 1. The number of nitrogens with one attached hydrogen (secondary N) is 2. The fourth-order valence-corrected chi connectivity index (χ4v) is 6.34. The molecule has 214 valence electrons. The molecular formula is C28H36Cl2FN3O4S. The van der Waals surface area contributed by atoms with Crippen LogP contribution in [0.1, 0.15) is 73.0 Å². The minimum absolute atomic E-state index is 0.0572. The number of hydrogen-bond acceptors (Lipinski definition) is 6. The number of sulfonamides is 1. The molecule has 11 heteroatoms. The van der Waals surface area contributed by atoms with Gasteiger partial charge in [0.05, 0.1) is 24.5 Å². The Kier molecular flexibility index (Phi) is 9.18. The number of piperidine rings is 1. The van der Waals surface area contributed by atoms with Gasteiger partial charge in [0.25, 0.3) is 5.91 Å². The Morgan fingerprint density at radius 1 is 1.10 bits per heavy atom. The summed E-state index contributed by atoms with van der Waals surface area (Å²) in [5.74, 6) is -0.887. The quantitative estimate of drug-likeness (QED) is 0.373. The molecule has 2 aromatic rings. The van der Waals surface area contributed by atoms with Crippen molar-refractivity contribution in [1.82, 2.24) is 14.9 Å². The van der Waals surface area contributed by atoms with Crippen molar-refractivity contribution in [2.45, 2.75) is 57.0 Å². The van der Waals surface area contributed by atoms with E-state index < -0.39 is 21.7 Å². The Morgan fingerprint density at radius 3 is 2.26 bits per heavy atom. The number of rotatable bonds is 10. The molecule has 1 amide bonds. The SMILES string of the molecule is CNC(C)(C)[C@@H](c1cc(Cl)cc(Cl)c1)N1CCC(COc2cc(F)c(C(=O)NS(C)(=O)=O)cc2C2CC2)CC1. The van der Waals surface area contributed by atoms with Crippen molar-refractivity contribution in [3.8, 4) is 5.75 Å². The monoisotopic (exact) mass is 599 g/mol. The number of hydrogen-bond donors (Lipinski definition) is 2. The molecule has 1 atom stereocenters. The van der Waals surface area contributed by atoms with Gasteiger partial charge >= 0.3 is 0 Å². The molecule has 0 bridgehead atoms. The first kappa shape index (κ1) is 30.1. The van der Waals surface area contributed by atoms with Crippen molar-refractivity contribution in [3.05, 3.63) is 62.9 Å². The second kappa shape index (κ2) is 11.9. The number of amides is 1.